The molecule has 4 rings (SSSR count). The van der Waals surface area contributed by atoms with Crippen LogP contribution in [0.3, 0.4) is 0 Å². The van der Waals surface area contributed by atoms with Crippen molar-refractivity contribution in [3.63, 3.8) is 0 Å². The molecule has 1 aliphatic rings. The Hall–Kier alpha value is -2.59. The number of halogens is 1. The van der Waals surface area contributed by atoms with Crippen LogP contribution in [0.2, 0.25) is 5.02 Å². The van der Waals surface area contributed by atoms with Crippen molar-refractivity contribution in [3.05, 3.63) is 76.9 Å². The third kappa shape index (κ3) is 3.81. The third-order valence-corrected chi connectivity index (χ3v) is 4.84. The second-order valence-corrected chi connectivity index (χ2v) is 6.87. The number of para-hydroxylation sites is 1. The Morgan fingerprint density at radius 1 is 1.08 bits per heavy atom. The van der Waals surface area contributed by atoms with Crippen molar-refractivity contribution in [2.24, 2.45) is 0 Å². The molecule has 0 radical (unpaired) electrons. The average Bonchev–Trinajstić information content (AvgIpc) is 2.68. The van der Waals surface area contributed by atoms with Crippen LogP contribution in [0, 0.1) is 0 Å². The summed E-state index contributed by atoms with van der Waals surface area (Å²) in [6, 6.07) is 18.4. The highest BCUT2D eigenvalue weighted by Crippen LogP contribution is 2.31. The minimum Gasteiger partial charge on any atom is -0.370 e. The third-order valence-electron chi connectivity index (χ3n) is 4.60. The first-order chi connectivity index (χ1) is 12.8. The Morgan fingerprint density at radius 3 is 2.92 bits per heavy atom. The van der Waals surface area contributed by atoms with E-state index in [0.717, 1.165) is 49.1 Å². The van der Waals surface area contributed by atoms with Gasteiger partial charge in [-0.1, -0.05) is 41.9 Å². The van der Waals surface area contributed by atoms with E-state index in [4.69, 9.17) is 16.6 Å². The highest BCUT2D eigenvalue weighted by Gasteiger charge is 2.19. The van der Waals surface area contributed by atoms with Gasteiger partial charge < -0.3 is 10.2 Å². The molecule has 0 amide bonds. The zero-order valence-electron chi connectivity index (χ0n) is 14.5. The van der Waals surface area contributed by atoms with E-state index < -0.39 is 0 Å². The van der Waals surface area contributed by atoms with Crippen molar-refractivity contribution in [2.45, 2.75) is 19.3 Å². The SMILES string of the molecule is Clc1cccc(CCNc2ccnc(N3CCCc4ccccc43)n2)c1. The number of hydrogen-bond donors (Lipinski definition) is 1. The molecule has 1 aliphatic heterocycles. The molecule has 0 saturated carbocycles. The van der Waals surface area contributed by atoms with Gasteiger partial charge in [-0.2, -0.15) is 4.98 Å². The molecule has 0 saturated heterocycles. The van der Waals surface area contributed by atoms with E-state index in [0.29, 0.717) is 0 Å². The maximum Gasteiger partial charge on any atom is 0.231 e. The number of hydrogen-bond acceptors (Lipinski definition) is 4. The number of anilines is 3. The van der Waals surface area contributed by atoms with Gasteiger partial charge in [0.2, 0.25) is 5.95 Å². The van der Waals surface area contributed by atoms with Crippen LogP contribution in [-0.4, -0.2) is 23.1 Å². The first-order valence-corrected chi connectivity index (χ1v) is 9.34. The van der Waals surface area contributed by atoms with Crippen LogP contribution in [0.5, 0.6) is 0 Å². The van der Waals surface area contributed by atoms with Crippen molar-refractivity contribution in [2.75, 3.05) is 23.3 Å². The summed E-state index contributed by atoms with van der Waals surface area (Å²) in [7, 11) is 0. The average molecular weight is 365 g/mol. The Kier molecular flexibility index (Phi) is 5.02. The summed E-state index contributed by atoms with van der Waals surface area (Å²) in [4.78, 5) is 11.4. The Morgan fingerprint density at radius 2 is 2.00 bits per heavy atom. The van der Waals surface area contributed by atoms with Crippen molar-refractivity contribution in [1.29, 1.82) is 0 Å². The molecule has 0 fully saturated rings. The van der Waals surface area contributed by atoms with E-state index in [1.807, 2.05) is 30.5 Å². The number of benzene rings is 2. The predicted octanol–water partition coefficient (Wildman–Crippen LogP) is 4.87. The van der Waals surface area contributed by atoms with Crippen molar-refractivity contribution >= 4 is 29.1 Å². The van der Waals surface area contributed by atoms with E-state index >= 15 is 0 Å². The maximum atomic E-state index is 6.04. The fourth-order valence-corrected chi connectivity index (χ4v) is 3.56. The van der Waals surface area contributed by atoms with Crippen LogP contribution in [0.15, 0.2) is 60.8 Å². The lowest BCUT2D eigenvalue weighted by atomic mass is 10.0. The van der Waals surface area contributed by atoms with Gasteiger partial charge in [0, 0.05) is 30.0 Å². The summed E-state index contributed by atoms with van der Waals surface area (Å²) in [6.45, 7) is 1.75. The lowest BCUT2D eigenvalue weighted by Crippen LogP contribution is -2.26. The summed E-state index contributed by atoms with van der Waals surface area (Å²) in [6.07, 6.45) is 4.95. The number of rotatable bonds is 5. The maximum absolute atomic E-state index is 6.04. The van der Waals surface area contributed by atoms with Crippen molar-refractivity contribution < 1.29 is 0 Å². The molecule has 5 heteroatoms. The van der Waals surface area contributed by atoms with Gasteiger partial charge in [0.25, 0.3) is 0 Å². The fourth-order valence-electron chi connectivity index (χ4n) is 3.35. The minimum absolute atomic E-state index is 0.755. The molecule has 2 aromatic carbocycles. The van der Waals surface area contributed by atoms with Crippen LogP contribution >= 0.6 is 11.6 Å². The van der Waals surface area contributed by atoms with Crippen molar-refractivity contribution in [3.8, 4) is 0 Å². The molecule has 4 nitrogen and oxygen atoms in total. The van der Waals surface area contributed by atoms with E-state index in [-0.39, 0.29) is 0 Å². The molecule has 0 atom stereocenters. The highest BCUT2D eigenvalue weighted by molar-refractivity contribution is 6.30. The molecular formula is C21H21ClN4. The van der Waals surface area contributed by atoms with Crippen LogP contribution in [0.1, 0.15) is 17.5 Å². The van der Waals surface area contributed by atoms with Gasteiger partial charge in [-0.15, -0.1) is 0 Å². The summed E-state index contributed by atoms with van der Waals surface area (Å²) in [5, 5.41) is 4.17. The molecule has 0 aliphatic carbocycles. The molecule has 0 spiro atoms. The monoisotopic (exact) mass is 364 g/mol. The summed E-state index contributed by atoms with van der Waals surface area (Å²) < 4.78 is 0. The molecule has 1 aromatic heterocycles. The van der Waals surface area contributed by atoms with Gasteiger partial charge in [0.15, 0.2) is 0 Å². The van der Waals surface area contributed by atoms with Gasteiger partial charge in [0.05, 0.1) is 0 Å². The molecule has 0 bridgehead atoms. The summed E-state index contributed by atoms with van der Waals surface area (Å²) >= 11 is 6.04. The molecule has 0 unspecified atom stereocenters. The van der Waals surface area contributed by atoms with E-state index in [1.54, 1.807) is 0 Å². The van der Waals surface area contributed by atoms with Crippen LogP contribution in [0.4, 0.5) is 17.5 Å². The van der Waals surface area contributed by atoms with Crippen LogP contribution in [0.25, 0.3) is 0 Å². The van der Waals surface area contributed by atoms with Gasteiger partial charge >= 0.3 is 0 Å². The Bertz CT molecular complexity index is 896. The summed E-state index contributed by atoms with van der Waals surface area (Å²) in [5.41, 5.74) is 3.79. The number of nitrogens with zero attached hydrogens (tertiary/aromatic N) is 3. The zero-order chi connectivity index (χ0) is 17.8. The lowest BCUT2D eigenvalue weighted by molar-refractivity contribution is 0.750. The molecule has 3 aromatic rings. The van der Waals surface area contributed by atoms with Crippen LogP contribution in [-0.2, 0) is 12.8 Å². The quantitative estimate of drug-likeness (QED) is 0.701. The fraction of sp³-hybridized carbons (Fsp3) is 0.238. The topological polar surface area (TPSA) is 41.1 Å². The molecular weight excluding hydrogens is 344 g/mol. The van der Waals surface area contributed by atoms with Gasteiger partial charge in [-0.25, -0.2) is 4.98 Å². The number of aryl methyl sites for hydroxylation is 1. The standard InChI is InChI=1S/C21H21ClN4/c22-18-8-3-5-16(15-18)10-12-23-20-11-13-24-21(25-20)26-14-4-7-17-6-1-2-9-19(17)26/h1-3,5-6,8-9,11,13,15H,4,7,10,12,14H2,(H,23,24,25). The van der Waals surface area contributed by atoms with Gasteiger partial charge in [-0.3, -0.25) is 0 Å². The summed E-state index contributed by atoms with van der Waals surface area (Å²) in [5.74, 6) is 1.60. The number of fused-ring (bicyclic) bond motifs is 1. The largest absolute Gasteiger partial charge is 0.370 e. The normalized spacial score (nSPS) is 13.3. The molecule has 132 valence electrons. The number of nitrogens with one attached hydrogen (secondary N) is 1. The molecule has 2 heterocycles. The van der Waals surface area contributed by atoms with E-state index in [2.05, 4.69) is 45.5 Å². The first-order valence-electron chi connectivity index (χ1n) is 8.96. The van der Waals surface area contributed by atoms with Crippen LogP contribution < -0.4 is 10.2 Å². The van der Waals surface area contributed by atoms with E-state index in [9.17, 15) is 0 Å². The molecule has 26 heavy (non-hydrogen) atoms. The predicted molar refractivity (Wildman–Crippen MR) is 107 cm³/mol. The first kappa shape index (κ1) is 16.9. The highest BCUT2D eigenvalue weighted by atomic mass is 35.5. The van der Waals surface area contributed by atoms with Crippen molar-refractivity contribution in [1.82, 2.24) is 9.97 Å². The second-order valence-electron chi connectivity index (χ2n) is 6.43. The number of aromatic nitrogens is 2. The van der Waals surface area contributed by atoms with Gasteiger partial charge in [0.1, 0.15) is 5.82 Å². The smallest absolute Gasteiger partial charge is 0.231 e. The Balaban J connectivity index is 1.46. The second kappa shape index (κ2) is 7.75. The zero-order valence-corrected chi connectivity index (χ0v) is 15.3. The minimum atomic E-state index is 0.755. The Labute approximate surface area is 158 Å². The molecule has 1 N–H and O–H groups in total. The lowest BCUT2D eigenvalue weighted by Gasteiger charge is -2.29. The van der Waals surface area contributed by atoms with E-state index in [1.165, 1.54) is 16.8 Å². The van der Waals surface area contributed by atoms with Gasteiger partial charge in [-0.05, 0) is 54.7 Å².